The minimum Gasteiger partial charge on any atom is -0.365 e. The van der Waals surface area contributed by atoms with E-state index in [1.165, 1.54) is 36.9 Å². The van der Waals surface area contributed by atoms with Gasteiger partial charge in [-0.3, -0.25) is 0 Å². The van der Waals surface area contributed by atoms with Crippen LogP contribution in [-0.4, -0.2) is 11.0 Å². The molecule has 1 aromatic heterocycles. The molecule has 0 saturated heterocycles. The highest BCUT2D eigenvalue weighted by Crippen LogP contribution is 2.28. The van der Waals surface area contributed by atoms with Crippen molar-refractivity contribution in [3.63, 3.8) is 0 Å². The fourth-order valence-electron chi connectivity index (χ4n) is 2.39. The third-order valence-electron chi connectivity index (χ3n) is 3.20. The maximum atomic E-state index is 3.73. The Balaban J connectivity index is 2.19. The van der Waals surface area contributed by atoms with E-state index in [0.29, 0.717) is 12.1 Å². The smallest absolute Gasteiger partial charge is 0.0340 e. The second-order valence-electron chi connectivity index (χ2n) is 4.23. The fraction of sp³-hybridized carbons (Fsp3) is 0.667. The zero-order valence-corrected chi connectivity index (χ0v) is 9.14. The van der Waals surface area contributed by atoms with Gasteiger partial charge in [0.05, 0.1) is 0 Å². The van der Waals surface area contributed by atoms with Gasteiger partial charge in [0.2, 0.25) is 0 Å². The highest BCUT2D eigenvalue weighted by atomic mass is 15.0. The number of aromatic amines is 1. The van der Waals surface area contributed by atoms with Gasteiger partial charge in [-0.15, -0.1) is 0 Å². The summed E-state index contributed by atoms with van der Waals surface area (Å²) in [5.41, 5.74) is 2.95. The molecule has 0 saturated carbocycles. The molecule has 0 unspecified atom stereocenters. The molecule has 0 spiro atoms. The molecule has 0 aromatic carbocycles. The predicted molar refractivity (Wildman–Crippen MR) is 59.4 cm³/mol. The van der Waals surface area contributed by atoms with Gasteiger partial charge in [0, 0.05) is 30.4 Å². The monoisotopic (exact) mass is 192 g/mol. The normalized spacial score (nSPS) is 26.1. The van der Waals surface area contributed by atoms with E-state index < -0.39 is 0 Å². The van der Waals surface area contributed by atoms with Crippen molar-refractivity contribution in [3.8, 4) is 0 Å². The Hall–Kier alpha value is -0.760. The highest BCUT2D eigenvalue weighted by molar-refractivity contribution is 5.28. The first-order valence-corrected chi connectivity index (χ1v) is 5.77. The van der Waals surface area contributed by atoms with Gasteiger partial charge in [-0.05, 0) is 24.5 Å². The van der Waals surface area contributed by atoms with Crippen molar-refractivity contribution in [1.29, 1.82) is 0 Å². The molecule has 2 nitrogen and oxygen atoms in total. The summed E-state index contributed by atoms with van der Waals surface area (Å²) in [4.78, 5) is 3.37. The molecule has 0 bridgehead atoms. The summed E-state index contributed by atoms with van der Waals surface area (Å²) in [5, 5.41) is 3.73. The van der Waals surface area contributed by atoms with Crippen LogP contribution in [0.3, 0.4) is 0 Å². The number of nitrogens with one attached hydrogen (secondary N) is 2. The molecule has 1 aliphatic rings. The molecular weight excluding hydrogens is 172 g/mol. The van der Waals surface area contributed by atoms with Crippen molar-refractivity contribution in [3.05, 3.63) is 23.5 Å². The summed E-state index contributed by atoms with van der Waals surface area (Å²) >= 11 is 0. The molecule has 1 aliphatic heterocycles. The maximum absolute atomic E-state index is 3.73. The number of aromatic nitrogens is 1. The van der Waals surface area contributed by atoms with Crippen molar-refractivity contribution < 1.29 is 0 Å². The molecule has 2 N–H and O–H groups in total. The number of H-pyrrole nitrogens is 1. The number of hydrogen-bond donors (Lipinski definition) is 2. The Morgan fingerprint density at radius 3 is 3.00 bits per heavy atom. The van der Waals surface area contributed by atoms with Crippen LogP contribution in [0.25, 0.3) is 0 Å². The lowest BCUT2D eigenvalue weighted by Crippen LogP contribution is -2.38. The summed E-state index contributed by atoms with van der Waals surface area (Å²) < 4.78 is 0. The molecule has 0 aliphatic carbocycles. The summed E-state index contributed by atoms with van der Waals surface area (Å²) in [7, 11) is 0. The molecule has 0 amide bonds. The Morgan fingerprint density at radius 1 is 1.43 bits per heavy atom. The van der Waals surface area contributed by atoms with Gasteiger partial charge in [0.25, 0.3) is 0 Å². The van der Waals surface area contributed by atoms with Crippen LogP contribution in [0.5, 0.6) is 0 Å². The van der Waals surface area contributed by atoms with Gasteiger partial charge in [-0.1, -0.05) is 20.3 Å². The van der Waals surface area contributed by atoms with Crippen molar-refractivity contribution >= 4 is 0 Å². The van der Waals surface area contributed by atoms with Crippen LogP contribution in [-0.2, 0) is 6.42 Å². The molecule has 2 rings (SSSR count). The Morgan fingerprint density at radius 2 is 2.29 bits per heavy atom. The zero-order valence-electron chi connectivity index (χ0n) is 9.14. The second kappa shape index (κ2) is 4.18. The topological polar surface area (TPSA) is 27.8 Å². The van der Waals surface area contributed by atoms with Crippen molar-refractivity contribution in [2.24, 2.45) is 0 Å². The summed E-state index contributed by atoms with van der Waals surface area (Å²) in [6, 6.07) is 3.48. The van der Waals surface area contributed by atoms with Crippen LogP contribution in [0.4, 0.5) is 0 Å². The first kappa shape index (κ1) is 9.78. The fourth-order valence-corrected chi connectivity index (χ4v) is 2.39. The van der Waals surface area contributed by atoms with E-state index in [2.05, 4.69) is 36.4 Å². The van der Waals surface area contributed by atoms with Gasteiger partial charge in [-0.25, -0.2) is 0 Å². The quantitative estimate of drug-likeness (QED) is 0.757. The van der Waals surface area contributed by atoms with Gasteiger partial charge >= 0.3 is 0 Å². The Bertz CT molecular complexity index is 290. The Kier molecular flexibility index (Phi) is 2.92. The highest BCUT2D eigenvalue weighted by Gasteiger charge is 2.24. The van der Waals surface area contributed by atoms with Crippen LogP contribution < -0.4 is 5.32 Å². The van der Waals surface area contributed by atoms with Crippen molar-refractivity contribution in [2.75, 3.05) is 0 Å². The second-order valence-corrected chi connectivity index (χ2v) is 4.23. The minimum absolute atomic E-state index is 0.583. The number of rotatable bonds is 3. The molecule has 0 radical (unpaired) electrons. The van der Waals surface area contributed by atoms with Gasteiger partial charge in [0.15, 0.2) is 0 Å². The average molecular weight is 192 g/mol. The van der Waals surface area contributed by atoms with Crippen molar-refractivity contribution in [2.45, 2.75) is 51.6 Å². The average Bonchev–Trinajstić information content (AvgIpc) is 2.66. The van der Waals surface area contributed by atoms with Crippen LogP contribution in [0.2, 0.25) is 0 Å². The first-order chi connectivity index (χ1) is 6.85. The van der Waals surface area contributed by atoms with Crippen LogP contribution in [0, 0.1) is 0 Å². The molecule has 2 atom stereocenters. The molecule has 2 heteroatoms. The largest absolute Gasteiger partial charge is 0.365 e. The molecule has 0 fully saturated rings. The van der Waals surface area contributed by atoms with E-state index in [0.717, 1.165) is 0 Å². The number of hydrogen-bond acceptors (Lipinski definition) is 1. The standard InChI is InChI=1S/C12H20N2/c1-3-5-11-10-6-7-13-12(10)8-9(4-2)14-11/h6-7,9,11,13-14H,3-5,8H2,1-2H3/t9-,11+/m0/s1. The molecule has 1 aromatic rings. The van der Waals surface area contributed by atoms with Gasteiger partial charge in [-0.2, -0.15) is 0 Å². The third-order valence-corrected chi connectivity index (χ3v) is 3.20. The summed E-state index contributed by atoms with van der Waals surface area (Å²) in [6.07, 6.45) is 6.96. The maximum Gasteiger partial charge on any atom is 0.0340 e. The lowest BCUT2D eigenvalue weighted by molar-refractivity contribution is 0.374. The van der Waals surface area contributed by atoms with Crippen LogP contribution in [0.15, 0.2) is 12.3 Å². The SMILES string of the molecule is CCC[C@H]1N[C@@H](CC)Cc2[nH]ccc21. The van der Waals surface area contributed by atoms with Gasteiger partial charge in [0.1, 0.15) is 0 Å². The minimum atomic E-state index is 0.583. The molecule has 78 valence electrons. The van der Waals surface area contributed by atoms with E-state index in [4.69, 9.17) is 0 Å². The third kappa shape index (κ3) is 1.71. The van der Waals surface area contributed by atoms with Crippen molar-refractivity contribution in [1.82, 2.24) is 10.3 Å². The van der Waals surface area contributed by atoms with Crippen LogP contribution in [0.1, 0.15) is 50.4 Å². The van der Waals surface area contributed by atoms with E-state index in [1.807, 2.05) is 0 Å². The lowest BCUT2D eigenvalue weighted by Gasteiger charge is -2.30. The van der Waals surface area contributed by atoms with Gasteiger partial charge < -0.3 is 10.3 Å². The predicted octanol–water partition coefficient (Wildman–Crippen LogP) is 2.78. The van der Waals surface area contributed by atoms with E-state index in [1.54, 1.807) is 0 Å². The zero-order chi connectivity index (χ0) is 9.97. The summed E-state index contributed by atoms with van der Waals surface area (Å²) in [5.74, 6) is 0. The van der Waals surface area contributed by atoms with Crippen LogP contribution >= 0.6 is 0 Å². The van der Waals surface area contributed by atoms with E-state index >= 15 is 0 Å². The molecule has 2 heterocycles. The van der Waals surface area contributed by atoms with E-state index in [-0.39, 0.29) is 0 Å². The summed E-state index contributed by atoms with van der Waals surface area (Å²) in [6.45, 7) is 4.51. The molecular formula is C12H20N2. The molecule has 14 heavy (non-hydrogen) atoms. The lowest BCUT2D eigenvalue weighted by atomic mass is 9.92. The number of fused-ring (bicyclic) bond motifs is 1. The Labute approximate surface area is 86.1 Å². The first-order valence-electron chi connectivity index (χ1n) is 5.77. The van der Waals surface area contributed by atoms with E-state index in [9.17, 15) is 0 Å².